The molecule has 0 fully saturated rings. The standard InChI is InChI=1S/C29H32N6O4/c1-2-39-29(38)33-25-7-3-5-22(17-25)19-35-27(36)13-12-26(34-35)23-8-10-24(11-9-23)28(37)32-15-4-6-21-14-16-30-20-31-18-21/h3,5,7-13,17-18,20-21H,2,4,6,14-16,19H2,1H3,(H,32,37)(H,33,38). The van der Waals surface area contributed by atoms with Crippen molar-refractivity contribution in [2.75, 3.05) is 25.0 Å². The van der Waals surface area contributed by atoms with Crippen LogP contribution in [0.1, 0.15) is 42.1 Å². The van der Waals surface area contributed by atoms with E-state index < -0.39 is 6.09 Å². The molecular formula is C29H32N6O4. The largest absolute Gasteiger partial charge is 0.450 e. The number of ether oxygens (including phenoxy) is 1. The Morgan fingerprint density at radius 3 is 2.77 bits per heavy atom. The van der Waals surface area contributed by atoms with Crippen LogP contribution in [0.3, 0.4) is 0 Å². The molecule has 10 nitrogen and oxygen atoms in total. The van der Waals surface area contributed by atoms with Crippen LogP contribution in [0.15, 0.2) is 75.4 Å². The molecule has 0 bridgehead atoms. The van der Waals surface area contributed by atoms with Crippen LogP contribution in [-0.4, -0.2) is 54.0 Å². The Morgan fingerprint density at radius 1 is 1.10 bits per heavy atom. The zero-order valence-corrected chi connectivity index (χ0v) is 21.9. The minimum atomic E-state index is -0.538. The maximum atomic E-state index is 12.6. The molecule has 39 heavy (non-hydrogen) atoms. The van der Waals surface area contributed by atoms with Crippen molar-refractivity contribution < 1.29 is 14.3 Å². The van der Waals surface area contributed by atoms with E-state index >= 15 is 0 Å². The maximum absolute atomic E-state index is 12.6. The van der Waals surface area contributed by atoms with Gasteiger partial charge in [-0.25, -0.2) is 14.5 Å². The molecule has 0 spiro atoms. The quantitative estimate of drug-likeness (QED) is 0.382. The summed E-state index contributed by atoms with van der Waals surface area (Å²) in [5, 5.41) is 10.1. The normalized spacial score (nSPS) is 14.4. The third kappa shape index (κ3) is 8.19. The monoisotopic (exact) mass is 528 g/mol. The van der Waals surface area contributed by atoms with Gasteiger partial charge in [0.2, 0.25) is 0 Å². The average molecular weight is 529 g/mol. The first-order valence-corrected chi connectivity index (χ1v) is 13.0. The molecule has 1 aliphatic rings. The summed E-state index contributed by atoms with van der Waals surface area (Å²) in [5.41, 5.74) is 3.06. The molecule has 0 saturated carbocycles. The first-order valence-electron chi connectivity index (χ1n) is 13.0. The minimum absolute atomic E-state index is 0.131. The highest BCUT2D eigenvalue weighted by atomic mass is 16.5. The number of nitrogens with one attached hydrogen (secondary N) is 2. The number of hydrogen-bond acceptors (Lipinski definition) is 7. The van der Waals surface area contributed by atoms with Gasteiger partial charge in [0.25, 0.3) is 11.5 Å². The smallest absolute Gasteiger partial charge is 0.411 e. The van der Waals surface area contributed by atoms with E-state index in [1.165, 1.54) is 10.7 Å². The lowest BCUT2D eigenvalue weighted by atomic mass is 10.0. The number of hydrogen-bond donors (Lipinski definition) is 2. The number of rotatable bonds is 10. The topological polar surface area (TPSA) is 127 Å². The predicted molar refractivity (Wildman–Crippen MR) is 152 cm³/mol. The molecule has 0 radical (unpaired) electrons. The highest BCUT2D eigenvalue weighted by Crippen LogP contribution is 2.18. The molecule has 2 amide bonds. The van der Waals surface area contributed by atoms with Gasteiger partial charge in [0.05, 0.1) is 18.8 Å². The lowest BCUT2D eigenvalue weighted by molar-refractivity contribution is 0.0952. The Labute approximate surface area is 226 Å². The summed E-state index contributed by atoms with van der Waals surface area (Å²) in [7, 11) is 0. The molecule has 2 aromatic carbocycles. The van der Waals surface area contributed by atoms with Crippen LogP contribution in [-0.2, 0) is 11.3 Å². The van der Waals surface area contributed by atoms with Crippen LogP contribution < -0.4 is 16.2 Å². The Balaban J connectivity index is 1.35. The zero-order chi connectivity index (χ0) is 27.5. The van der Waals surface area contributed by atoms with E-state index in [0.29, 0.717) is 29.4 Å². The number of amides is 2. The van der Waals surface area contributed by atoms with E-state index in [0.717, 1.165) is 36.9 Å². The lowest BCUT2D eigenvalue weighted by Crippen LogP contribution is -2.25. The molecule has 1 aromatic heterocycles. The van der Waals surface area contributed by atoms with Crippen molar-refractivity contribution in [3.05, 3.63) is 82.1 Å². The van der Waals surface area contributed by atoms with Gasteiger partial charge in [-0.15, -0.1) is 0 Å². The first-order chi connectivity index (χ1) is 19.0. The summed E-state index contributed by atoms with van der Waals surface area (Å²) < 4.78 is 6.28. The van der Waals surface area contributed by atoms with Gasteiger partial charge < -0.3 is 10.1 Å². The van der Waals surface area contributed by atoms with Gasteiger partial charge in [-0.1, -0.05) is 24.3 Å². The molecule has 4 rings (SSSR count). The van der Waals surface area contributed by atoms with Crippen molar-refractivity contribution in [3.63, 3.8) is 0 Å². The number of carbonyl (C=O) groups is 2. The van der Waals surface area contributed by atoms with E-state index in [9.17, 15) is 14.4 Å². The van der Waals surface area contributed by atoms with Crippen molar-refractivity contribution in [1.29, 1.82) is 0 Å². The first kappa shape index (κ1) is 27.4. The molecule has 1 aliphatic heterocycles. The molecule has 2 N–H and O–H groups in total. The van der Waals surface area contributed by atoms with Gasteiger partial charge in [0.1, 0.15) is 6.34 Å². The van der Waals surface area contributed by atoms with Gasteiger partial charge >= 0.3 is 6.09 Å². The van der Waals surface area contributed by atoms with Gasteiger partial charge in [0, 0.05) is 42.2 Å². The number of nitrogens with zero attached hydrogens (tertiary/aromatic N) is 4. The summed E-state index contributed by atoms with van der Waals surface area (Å²) in [4.78, 5) is 45.1. The van der Waals surface area contributed by atoms with Gasteiger partial charge in [0.15, 0.2) is 0 Å². The van der Waals surface area contributed by atoms with Crippen LogP contribution >= 0.6 is 0 Å². The number of benzene rings is 2. The summed E-state index contributed by atoms with van der Waals surface area (Å²) >= 11 is 0. The predicted octanol–water partition coefficient (Wildman–Crippen LogP) is 4.16. The molecule has 1 unspecified atom stereocenters. The van der Waals surface area contributed by atoms with Crippen molar-refractivity contribution in [2.24, 2.45) is 15.9 Å². The molecule has 0 saturated heterocycles. The van der Waals surface area contributed by atoms with E-state index in [-0.39, 0.29) is 24.6 Å². The minimum Gasteiger partial charge on any atom is -0.450 e. The second kappa shape index (κ2) is 13.8. The fourth-order valence-electron chi connectivity index (χ4n) is 4.18. The third-order valence-corrected chi connectivity index (χ3v) is 6.20. The van der Waals surface area contributed by atoms with E-state index in [2.05, 4.69) is 25.7 Å². The van der Waals surface area contributed by atoms with Gasteiger partial charge in [-0.3, -0.25) is 19.9 Å². The molecule has 202 valence electrons. The molecule has 2 heterocycles. The Kier molecular flexibility index (Phi) is 9.71. The number of carbonyl (C=O) groups excluding carboxylic acids is 2. The van der Waals surface area contributed by atoms with Crippen LogP contribution in [0.25, 0.3) is 11.3 Å². The van der Waals surface area contributed by atoms with Crippen LogP contribution in [0.2, 0.25) is 0 Å². The summed E-state index contributed by atoms with van der Waals surface area (Å²) in [5.74, 6) is 0.262. The molecule has 10 heteroatoms. The van der Waals surface area contributed by atoms with Crippen molar-refractivity contribution in [3.8, 4) is 11.3 Å². The summed E-state index contributed by atoms with van der Waals surface area (Å²) in [6.07, 6.45) is 5.81. The Bertz CT molecular complexity index is 1400. The Morgan fingerprint density at radius 2 is 1.95 bits per heavy atom. The summed E-state index contributed by atoms with van der Waals surface area (Å²) in [6, 6.07) is 17.4. The van der Waals surface area contributed by atoms with Crippen molar-refractivity contribution in [2.45, 2.75) is 32.7 Å². The number of anilines is 1. The second-order valence-corrected chi connectivity index (χ2v) is 9.10. The van der Waals surface area contributed by atoms with Crippen LogP contribution in [0.4, 0.5) is 10.5 Å². The van der Waals surface area contributed by atoms with E-state index in [4.69, 9.17) is 4.74 Å². The van der Waals surface area contributed by atoms with Crippen LogP contribution in [0.5, 0.6) is 0 Å². The van der Waals surface area contributed by atoms with Gasteiger partial charge in [-0.05, 0) is 68.0 Å². The fourth-order valence-corrected chi connectivity index (χ4v) is 4.18. The molecule has 0 aliphatic carbocycles. The van der Waals surface area contributed by atoms with Gasteiger partial charge in [-0.2, -0.15) is 5.10 Å². The number of aliphatic imine (C=N–C) groups is 2. The van der Waals surface area contributed by atoms with Crippen molar-refractivity contribution >= 4 is 30.2 Å². The maximum Gasteiger partial charge on any atom is 0.411 e. The van der Waals surface area contributed by atoms with E-state index in [1.807, 2.05) is 24.4 Å². The third-order valence-electron chi connectivity index (χ3n) is 6.20. The zero-order valence-electron chi connectivity index (χ0n) is 21.9. The average Bonchev–Trinajstić information content (AvgIpc) is 3.22. The Hall–Kier alpha value is -4.60. The van der Waals surface area contributed by atoms with Crippen molar-refractivity contribution in [1.82, 2.24) is 15.1 Å². The summed E-state index contributed by atoms with van der Waals surface area (Å²) in [6.45, 7) is 3.62. The molecule has 3 aromatic rings. The highest BCUT2D eigenvalue weighted by molar-refractivity contribution is 5.94. The van der Waals surface area contributed by atoms with E-state index in [1.54, 1.807) is 49.7 Å². The number of aromatic nitrogens is 2. The fraction of sp³-hybridized carbons (Fsp3) is 0.310. The lowest BCUT2D eigenvalue weighted by Gasteiger charge is -2.11. The van der Waals surface area contributed by atoms with Crippen LogP contribution in [0, 0.1) is 5.92 Å². The molecular weight excluding hydrogens is 496 g/mol. The highest BCUT2D eigenvalue weighted by Gasteiger charge is 2.10. The second-order valence-electron chi connectivity index (χ2n) is 9.10. The SMILES string of the molecule is CCOC(=O)Nc1cccc(Cn2nc(-c3ccc(C(=O)NCCCC4C=NC=NCC4)cc3)ccc2=O)c1. The molecule has 1 atom stereocenters.